The minimum atomic E-state index is 0.320. The Morgan fingerprint density at radius 2 is 2.21 bits per heavy atom. The molecule has 1 aliphatic rings. The fourth-order valence-corrected chi connectivity index (χ4v) is 2.94. The Hall–Kier alpha value is -0.840. The number of nitrogens with one attached hydrogen (secondary N) is 2. The average Bonchev–Trinajstić information content (AvgIpc) is 2.36. The van der Waals surface area contributed by atoms with Gasteiger partial charge in [0.2, 0.25) is 5.95 Å². The summed E-state index contributed by atoms with van der Waals surface area (Å²) >= 11 is 3.53. The first-order valence-corrected chi connectivity index (χ1v) is 7.85. The maximum atomic E-state index is 4.54. The lowest BCUT2D eigenvalue weighted by atomic mass is 9.73. The van der Waals surface area contributed by atoms with E-state index < -0.39 is 0 Å². The molecule has 1 saturated carbocycles. The van der Waals surface area contributed by atoms with Gasteiger partial charge in [-0.3, -0.25) is 0 Å². The molecule has 0 amide bonds. The second kappa shape index (κ2) is 6.07. The summed E-state index contributed by atoms with van der Waals surface area (Å²) in [5.41, 5.74) is 0.320. The Kier molecular flexibility index (Phi) is 4.66. The summed E-state index contributed by atoms with van der Waals surface area (Å²) < 4.78 is 0.926. The number of anilines is 2. The van der Waals surface area contributed by atoms with Gasteiger partial charge in [-0.25, -0.2) is 4.98 Å². The second-order valence-corrected chi connectivity index (χ2v) is 6.71. The molecule has 0 aromatic carbocycles. The first-order valence-electron chi connectivity index (χ1n) is 7.06. The van der Waals surface area contributed by atoms with E-state index in [0.717, 1.165) is 16.8 Å². The number of halogens is 1. The highest BCUT2D eigenvalue weighted by Gasteiger charge is 2.32. The largest absolute Gasteiger partial charge is 0.366 e. The maximum absolute atomic E-state index is 4.54. The molecule has 4 nitrogen and oxygen atoms in total. The van der Waals surface area contributed by atoms with E-state index in [1.807, 2.05) is 13.1 Å². The van der Waals surface area contributed by atoms with Gasteiger partial charge in [-0.2, -0.15) is 4.98 Å². The van der Waals surface area contributed by atoms with Crippen LogP contribution in [0.5, 0.6) is 0 Å². The van der Waals surface area contributed by atoms with Crippen LogP contribution in [0.4, 0.5) is 11.8 Å². The fourth-order valence-electron chi connectivity index (χ4n) is 2.64. The van der Waals surface area contributed by atoms with Gasteiger partial charge in [0.05, 0.1) is 4.47 Å². The summed E-state index contributed by atoms with van der Waals surface area (Å²) in [6, 6.07) is 0.474. The van der Waals surface area contributed by atoms with Crippen LogP contribution in [-0.4, -0.2) is 22.6 Å². The number of rotatable bonds is 4. The minimum Gasteiger partial charge on any atom is -0.366 e. The monoisotopic (exact) mass is 326 g/mol. The van der Waals surface area contributed by atoms with Gasteiger partial charge in [-0.15, -0.1) is 0 Å². The van der Waals surface area contributed by atoms with E-state index in [4.69, 9.17) is 0 Å². The fraction of sp³-hybridized carbons (Fsp3) is 0.714. The zero-order valence-electron chi connectivity index (χ0n) is 12.0. The average molecular weight is 327 g/mol. The molecule has 0 saturated heterocycles. The first-order chi connectivity index (χ1) is 9.03. The maximum Gasteiger partial charge on any atom is 0.224 e. The van der Waals surface area contributed by atoms with Crippen LogP contribution in [0.15, 0.2) is 10.7 Å². The molecular weight excluding hydrogens is 304 g/mol. The van der Waals surface area contributed by atoms with Crippen LogP contribution in [0, 0.1) is 5.41 Å². The van der Waals surface area contributed by atoms with Crippen molar-refractivity contribution in [3.8, 4) is 0 Å². The highest BCUT2D eigenvalue weighted by molar-refractivity contribution is 9.10. The van der Waals surface area contributed by atoms with Crippen LogP contribution in [0.25, 0.3) is 0 Å². The number of hydrogen-bond acceptors (Lipinski definition) is 4. The van der Waals surface area contributed by atoms with Crippen molar-refractivity contribution in [1.29, 1.82) is 0 Å². The van der Waals surface area contributed by atoms with E-state index in [2.05, 4.69) is 50.4 Å². The Bertz CT molecular complexity index is 433. The molecule has 19 heavy (non-hydrogen) atoms. The topological polar surface area (TPSA) is 49.8 Å². The van der Waals surface area contributed by atoms with E-state index in [1.54, 1.807) is 0 Å². The highest BCUT2D eigenvalue weighted by atomic mass is 79.9. The van der Waals surface area contributed by atoms with Crippen molar-refractivity contribution in [2.75, 3.05) is 17.2 Å². The van der Waals surface area contributed by atoms with Crippen molar-refractivity contribution in [3.63, 3.8) is 0 Å². The van der Waals surface area contributed by atoms with Gasteiger partial charge in [-0.1, -0.05) is 26.7 Å². The Labute approximate surface area is 123 Å². The Morgan fingerprint density at radius 3 is 2.89 bits per heavy atom. The molecule has 1 aromatic heterocycles. The van der Waals surface area contributed by atoms with Gasteiger partial charge in [0.25, 0.3) is 0 Å². The van der Waals surface area contributed by atoms with E-state index in [1.165, 1.54) is 25.7 Å². The third-order valence-corrected chi connectivity index (χ3v) is 4.48. The first kappa shape index (κ1) is 14.6. The predicted octanol–water partition coefficient (Wildman–Crippen LogP) is 4.05. The molecule has 0 aliphatic heterocycles. The summed E-state index contributed by atoms with van der Waals surface area (Å²) in [5, 5.41) is 6.75. The molecule has 0 spiro atoms. The minimum absolute atomic E-state index is 0.320. The van der Waals surface area contributed by atoms with Crippen molar-refractivity contribution >= 4 is 27.7 Å². The molecule has 1 atom stereocenters. The van der Waals surface area contributed by atoms with Gasteiger partial charge in [0, 0.05) is 18.8 Å². The lowest BCUT2D eigenvalue weighted by molar-refractivity contribution is 0.216. The SMILES string of the molecule is CCNc1ncc(Br)c(NC2CCCCC2(C)C)n1. The van der Waals surface area contributed by atoms with E-state index >= 15 is 0 Å². The zero-order chi connectivity index (χ0) is 13.9. The van der Waals surface area contributed by atoms with E-state index in [-0.39, 0.29) is 0 Å². The van der Waals surface area contributed by atoms with E-state index in [0.29, 0.717) is 17.4 Å². The molecule has 1 unspecified atom stereocenters. The van der Waals surface area contributed by atoms with Crippen molar-refractivity contribution in [3.05, 3.63) is 10.7 Å². The molecule has 1 fully saturated rings. The smallest absolute Gasteiger partial charge is 0.224 e. The van der Waals surface area contributed by atoms with Crippen molar-refractivity contribution in [2.45, 2.75) is 52.5 Å². The molecule has 1 aliphatic carbocycles. The molecule has 0 bridgehead atoms. The normalized spacial score (nSPS) is 22.0. The lowest BCUT2D eigenvalue weighted by Gasteiger charge is -2.39. The molecule has 2 rings (SSSR count). The molecule has 106 valence electrons. The summed E-state index contributed by atoms with van der Waals surface area (Å²) in [4.78, 5) is 8.79. The van der Waals surface area contributed by atoms with Crippen LogP contribution in [0.2, 0.25) is 0 Å². The molecule has 5 heteroatoms. The van der Waals surface area contributed by atoms with Gasteiger partial charge in [0.1, 0.15) is 5.82 Å². The summed E-state index contributed by atoms with van der Waals surface area (Å²) in [5.74, 6) is 1.58. The molecule has 0 radical (unpaired) electrons. The number of nitrogens with zero attached hydrogens (tertiary/aromatic N) is 2. The van der Waals surface area contributed by atoms with Crippen LogP contribution in [-0.2, 0) is 0 Å². The van der Waals surface area contributed by atoms with Crippen LogP contribution in [0.1, 0.15) is 46.5 Å². The quantitative estimate of drug-likeness (QED) is 0.876. The summed E-state index contributed by atoms with van der Waals surface area (Å²) in [6.45, 7) is 7.55. The molecule has 1 heterocycles. The van der Waals surface area contributed by atoms with Gasteiger partial charge >= 0.3 is 0 Å². The van der Waals surface area contributed by atoms with E-state index in [9.17, 15) is 0 Å². The Morgan fingerprint density at radius 1 is 1.42 bits per heavy atom. The summed E-state index contributed by atoms with van der Waals surface area (Å²) in [7, 11) is 0. The number of aromatic nitrogens is 2. The Balaban J connectivity index is 2.15. The van der Waals surface area contributed by atoms with Gasteiger partial charge in [-0.05, 0) is 41.1 Å². The van der Waals surface area contributed by atoms with Crippen LogP contribution >= 0.6 is 15.9 Å². The van der Waals surface area contributed by atoms with Crippen molar-refractivity contribution in [1.82, 2.24) is 9.97 Å². The summed E-state index contributed by atoms with van der Waals surface area (Å²) in [6.07, 6.45) is 6.92. The van der Waals surface area contributed by atoms with Crippen LogP contribution in [0.3, 0.4) is 0 Å². The number of hydrogen-bond donors (Lipinski definition) is 2. The third-order valence-electron chi connectivity index (χ3n) is 3.90. The standard InChI is InChI=1S/C14H23BrN4/c1-4-16-13-17-9-10(15)12(19-13)18-11-7-5-6-8-14(11,2)3/h9,11H,4-8H2,1-3H3,(H2,16,17,18,19). The zero-order valence-corrected chi connectivity index (χ0v) is 13.5. The van der Waals surface area contributed by atoms with Gasteiger partial charge in [0.15, 0.2) is 0 Å². The molecule has 1 aromatic rings. The van der Waals surface area contributed by atoms with Crippen LogP contribution < -0.4 is 10.6 Å². The molecular formula is C14H23BrN4. The molecule has 2 N–H and O–H groups in total. The highest BCUT2D eigenvalue weighted by Crippen LogP contribution is 2.37. The van der Waals surface area contributed by atoms with Gasteiger partial charge < -0.3 is 10.6 Å². The second-order valence-electron chi connectivity index (χ2n) is 5.85. The predicted molar refractivity (Wildman–Crippen MR) is 83.6 cm³/mol. The lowest BCUT2D eigenvalue weighted by Crippen LogP contribution is -2.39. The van der Waals surface area contributed by atoms with Crippen molar-refractivity contribution in [2.24, 2.45) is 5.41 Å². The third kappa shape index (κ3) is 3.59. The van der Waals surface area contributed by atoms with Crippen molar-refractivity contribution < 1.29 is 0 Å².